The molecule has 30 heavy (non-hydrogen) atoms. The van der Waals surface area contributed by atoms with Crippen LogP contribution in [0.25, 0.3) is 22.6 Å². The van der Waals surface area contributed by atoms with Crippen molar-refractivity contribution in [2.75, 3.05) is 18.0 Å². The van der Waals surface area contributed by atoms with E-state index in [2.05, 4.69) is 41.8 Å². The normalized spacial score (nSPS) is 13.5. The smallest absolute Gasteiger partial charge is 0.157 e. The molecule has 0 spiro atoms. The summed E-state index contributed by atoms with van der Waals surface area (Å²) in [7, 11) is 1.96. The topological polar surface area (TPSA) is 93.3 Å². The number of nitrogens with zero attached hydrogens (tertiary/aromatic N) is 8. The average Bonchev–Trinajstić information content (AvgIpc) is 3.50. The molecule has 0 aromatic carbocycles. The highest BCUT2D eigenvalue weighted by Gasteiger charge is 2.16. The van der Waals surface area contributed by atoms with Crippen molar-refractivity contribution >= 4 is 29.2 Å². The fourth-order valence-electron chi connectivity index (χ4n) is 3.67. The van der Waals surface area contributed by atoms with Crippen molar-refractivity contribution in [3.8, 4) is 11.4 Å². The molecule has 1 fully saturated rings. The van der Waals surface area contributed by atoms with Crippen molar-refractivity contribution in [1.29, 1.82) is 0 Å². The highest BCUT2D eigenvalue weighted by atomic mass is 32.1. The number of fused-ring (bicyclic) bond motifs is 1. The van der Waals surface area contributed by atoms with Gasteiger partial charge >= 0.3 is 0 Å². The molecule has 1 aliphatic heterocycles. The minimum atomic E-state index is 0.510. The van der Waals surface area contributed by atoms with Gasteiger partial charge in [0.15, 0.2) is 4.64 Å². The van der Waals surface area contributed by atoms with Crippen LogP contribution in [0.15, 0.2) is 31.1 Å². The van der Waals surface area contributed by atoms with Crippen LogP contribution in [0.4, 0.5) is 5.82 Å². The Hall–Kier alpha value is -3.14. The minimum Gasteiger partial charge on any atom is -0.357 e. The molecule has 9 nitrogen and oxygen atoms in total. The molecule has 156 valence electrons. The van der Waals surface area contributed by atoms with E-state index in [1.807, 2.05) is 35.5 Å². The molecule has 0 amide bonds. The molecule has 1 saturated heterocycles. The second kappa shape index (κ2) is 8.70. The standard InChI is InChI=1S/C12H14N6S.C8H11N3/c1-4-18-7(2)8(5-15-18)10-16-9-11(17(10)3)13-6-14-12(9)19;1-2-6-11(5-1)8-3-4-9-7-10-8/h5-6H,4H2,1-3H3,(H,13,14,19);3-4,7H,1-2,5-6H2. The van der Waals surface area contributed by atoms with Gasteiger partial charge in [0.2, 0.25) is 0 Å². The summed E-state index contributed by atoms with van der Waals surface area (Å²) in [4.78, 5) is 22.1. The van der Waals surface area contributed by atoms with Crippen molar-refractivity contribution in [2.45, 2.75) is 33.2 Å². The summed E-state index contributed by atoms with van der Waals surface area (Å²) >= 11 is 5.21. The van der Waals surface area contributed by atoms with E-state index < -0.39 is 0 Å². The van der Waals surface area contributed by atoms with Crippen LogP contribution in [0, 0.1) is 11.6 Å². The Bertz CT molecular complexity index is 1190. The third-order valence-electron chi connectivity index (χ3n) is 5.32. The van der Waals surface area contributed by atoms with E-state index in [0.717, 1.165) is 53.7 Å². The number of rotatable bonds is 3. The lowest BCUT2D eigenvalue weighted by Crippen LogP contribution is -2.18. The minimum absolute atomic E-state index is 0.510. The van der Waals surface area contributed by atoms with Crippen molar-refractivity contribution in [2.24, 2.45) is 7.05 Å². The number of H-pyrrole nitrogens is 1. The van der Waals surface area contributed by atoms with Crippen LogP contribution in [0.2, 0.25) is 0 Å². The fourth-order valence-corrected chi connectivity index (χ4v) is 3.86. The lowest BCUT2D eigenvalue weighted by atomic mass is 10.2. The van der Waals surface area contributed by atoms with E-state index in [1.165, 1.54) is 12.8 Å². The largest absolute Gasteiger partial charge is 0.357 e. The summed E-state index contributed by atoms with van der Waals surface area (Å²) < 4.78 is 4.44. The predicted molar refractivity (Wildman–Crippen MR) is 119 cm³/mol. The third-order valence-corrected chi connectivity index (χ3v) is 5.62. The lowest BCUT2D eigenvalue weighted by molar-refractivity contribution is 0.640. The molecule has 0 atom stereocenters. The molecule has 1 N–H and O–H groups in total. The van der Waals surface area contributed by atoms with Gasteiger partial charge in [0.1, 0.15) is 29.1 Å². The number of hydrogen-bond donors (Lipinski definition) is 1. The first-order chi connectivity index (χ1) is 14.6. The summed E-state index contributed by atoms with van der Waals surface area (Å²) in [5.41, 5.74) is 3.71. The number of aromatic amines is 1. The van der Waals surface area contributed by atoms with Crippen LogP contribution in [-0.2, 0) is 13.6 Å². The fraction of sp³-hybridized carbons (Fsp3) is 0.400. The van der Waals surface area contributed by atoms with Gasteiger partial charge in [-0.1, -0.05) is 12.2 Å². The van der Waals surface area contributed by atoms with Crippen molar-refractivity contribution in [3.05, 3.63) is 41.4 Å². The van der Waals surface area contributed by atoms with Gasteiger partial charge in [-0.25, -0.2) is 19.9 Å². The summed E-state index contributed by atoms with van der Waals surface area (Å²) in [5, 5.41) is 4.36. The molecule has 0 aliphatic carbocycles. The van der Waals surface area contributed by atoms with E-state index >= 15 is 0 Å². The number of hydrogen-bond acceptors (Lipinski definition) is 7. The van der Waals surface area contributed by atoms with Crippen LogP contribution >= 0.6 is 12.2 Å². The second-order valence-corrected chi connectivity index (χ2v) is 7.51. The van der Waals surface area contributed by atoms with Gasteiger partial charge in [-0.15, -0.1) is 0 Å². The van der Waals surface area contributed by atoms with Gasteiger partial charge in [0.05, 0.1) is 18.1 Å². The Kier molecular flexibility index (Phi) is 5.84. The van der Waals surface area contributed by atoms with Gasteiger partial charge in [-0.05, 0) is 32.8 Å². The first kappa shape index (κ1) is 20.1. The van der Waals surface area contributed by atoms with Gasteiger partial charge in [-0.3, -0.25) is 4.68 Å². The van der Waals surface area contributed by atoms with E-state index in [-0.39, 0.29) is 0 Å². The molecule has 0 bridgehead atoms. The van der Waals surface area contributed by atoms with E-state index in [9.17, 15) is 0 Å². The number of aromatic nitrogens is 8. The molecule has 4 aromatic heterocycles. The van der Waals surface area contributed by atoms with E-state index in [4.69, 9.17) is 12.2 Å². The van der Waals surface area contributed by atoms with Crippen molar-refractivity contribution in [1.82, 2.24) is 39.3 Å². The Morgan fingerprint density at radius 3 is 2.63 bits per heavy atom. The third kappa shape index (κ3) is 3.82. The van der Waals surface area contributed by atoms with Crippen LogP contribution in [-0.4, -0.2) is 52.4 Å². The van der Waals surface area contributed by atoms with E-state index in [0.29, 0.717) is 4.64 Å². The molecule has 0 radical (unpaired) electrons. The summed E-state index contributed by atoms with van der Waals surface area (Å²) in [6, 6.07) is 1.96. The van der Waals surface area contributed by atoms with Gasteiger partial charge in [0.25, 0.3) is 0 Å². The molecule has 0 saturated carbocycles. The molecule has 1 aliphatic rings. The molecule has 10 heteroatoms. The molecule has 0 unspecified atom stereocenters. The molecule has 4 aromatic rings. The number of imidazole rings is 1. The SMILES string of the molecule is CCn1ncc(-c2nc3c(=S)nc[nH]c3n2C)c1C.c1cc(N2CCCC2)ncn1. The van der Waals surface area contributed by atoms with Gasteiger partial charge < -0.3 is 14.5 Å². The Labute approximate surface area is 179 Å². The van der Waals surface area contributed by atoms with Crippen molar-refractivity contribution in [3.63, 3.8) is 0 Å². The zero-order valence-electron chi connectivity index (χ0n) is 17.4. The Morgan fingerprint density at radius 1 is 1.20 bits per heavy atom. The number of aryl methyl sites for hydroxylation is 2. The number of nitrogens with one attached hydrogen (secondary N) is 1. The van der Waals surface area contributed by atoms with Crippen LogP contribution in [0.1, 0.15) is 25.5 Å². The second-order valence-electron chi connectivity index (χ2n) is 7.12. The first-order valence-electron chi connectivity index (χ1n) is 10.0. The summed E-state index contributed by atoms with van der Waals surface area (Å²) in [5.74, 6) is 1.92. The number of anilines is 1. The van der Waals surface area contributed by atoms with Crippen LogP contribution in [0.5, 0.6) is 0 Å². The quantitative estimate of drug-likeness (QED) is 0.505. The maximum Gasteiger partial charge on any atom is 0.157 e. The Morgan fingerprint density at radius 2 is 2.00 bits per heavy atom. The monoisotopic (exact) mass is 423 g/mol. The molecular formula is C20H25N9S. The predicted octanol–water partition coefficient (Wildman–Crippen LogP) is 3.29. The van der Waals surface area contributed by atoms with E-state index in [1.54, 1.807) is 18.9 Å². The Balaban J connectivity index is 0.000000168. The molecular weight excluding hydrogens is 398 g/mol. The lowest BCUT2D eigenvalue weighted by Gasteiger charge is -2.14. The summed E-state index contributed by atoms with van der Waals surface area (Å²) in [6.07, 6.45) is 9.43. The van der Waals surface area contributed by atoms with Gasteiger partial charge in [0, 0.05) is 38.6 Å². The highest BCUT2D eigenvalue weighted by molar-refractivity contribution is 7.71. The van der Waals surface area contributed by atoms with Crippen LogP contribution < -0.4 is 4.90 Å². The highest BCUT2D eigenvalue weighted by Crippen LogP contribution is 2.25. The average molecular weight is 424 g/mol. The van der Waals surface area contributed by atoms with Crippen molar-refractivity contribution < 1.29 is 0 Å². The zero-order valence-corrected chi connectivity index (χ0v) is 18.2. The maximum atomic E-state index is 5.21. The molecule has 5 rings (SSSR count). The first-order valence-corrected chi connectivity index (χ1v) is 10.4. The maximum absolute atomic E-state index is 5.21. The summed E-state index contributed by atoms with van der Waals surface area (Å²) in [6.45, 7) is 7.25. The zero-order chi connectivity index (χ0) is 21.1. The van der Waals surface area contributed by atoms with Gasteiger partial charge in [-0.2, -0.15) is 5.10 Å². The molecule has 5 heterocycles. The van der Waals surface area contributed by atoms with Crippen LogP contribution in [0.3, 0.4) is 0 Å².